The van der Waals surface area contributed by atoms with E-state index in [-0.39, 0.29) is 17.9 Å². The van der Waals surface area contributed by atoms with Crippen LogP contribution in [0.3, 0.4) is 0 Å². The summed E-state index contributed by atoms with van der Waals surface area (Å²) < 4.78 is 5.14. The zero-order valence-corrected chi connectivity index (χ0v) is 12.2. The lowest BCUT2D eigenvalue weighted by Gasteiger charge is -2.27. The van der Waals surface area contributed by atoms with Gasteiger partial charge in [0.25, 0.3) is 5.91 Å². The zero-order chi connectivity index (χ0) is 15.4. The van der Waals surface area contributed by atoms with Crippen LogP contribution in [0.25, 0.3) is 11.5 Å². The number of hydrogen-bond acceptors (Lipinski definition) is 5. The first-order valence-corrected chi connectivity index (χ1v) is 7.57. The summed E-state index contributed by atoms with van der Waals surface area (Å²) in [6.45, 7) is 0.505. The highest BCUT2D eigenvalue weighted by Gasteiger charge is 2.23. The molecule has 1 heterocycles. The minimum Gasteiger partial charge on any atom is -0.423 e. The van der Waals surface area contributed by atoms with Gasteiger partial charge < -0.3 is 14.8 Å². The predicted molar refractivity (Wildman–Crippen MR) is 80.0 cm³/mol. The van der Waals surface area contributed by atoms with Crippen LogP contribution in [0.15, 0.2) is 35.1 Å². The summed E-state index contributed by atoms with van der Waals surface area (Å²) in [5.74, 6) is 0.383. The highest BCUT2D eigenvalue weighted by atomic mass is 16.4. The number of rotatable bonds is 4. The molecule has 6 heteroatoms. The second kappa shape index (κ2) is 6.70. The van der Waals surface area contributed by atoms with E-state index in [0.29, 0.717) is 23.6 Å². The Labute approximate surface area is 128 Å². The molecule has 2 N–H and O–H groups in total. The highest BCUT2D eigenvalue weighted by Crippen LogP contribution is 2.24. The summed E-state index contributed by atoms with van der Waals surface area (Å²) in [6.07, 6.45) is 4.92. The molecule has 0 unspecified atom stereocenters. The molecule has 22 heavy (non-hydrogen) atoms. The van der Waals surface area contributed by atoms with Crippen molar-refractivity contribution in [1.82, 2.24) is 15.5 Å². The van der Waals surface area contributed by atoms with Crippen molar-refractivity contribution in [3.63, 3.8) is 0 Å². The molecule has 0 bridgehead atoms. The van der Waals surface area contributed by atoms with Gasteiger partial charge in [-0.25, -0.2) is 0 Å². The predicted octanol–water partition coefficient (Wildman–Crippen LogP) is 2.02. The van der Waals surface area contributed by atoms with Crippen molar-refractivity contribution in [3.05, 3.63) is 36.2 Å². The SMILES string of the molecule is O=C(NC[C@H]1CCCC[C@H]1O)c1cccc(-c2nnco2)c1. The van der Waals surface area contributed by atoms with Crippen molar-refractivity contribution in [3.8, 4) is 11.5 Å². The minimum atomic E-state index is -0.307. The van der Waals surface area contributed by atoms with Gasteiger partial charge in [0.1, 0.15) is 0 Å². The molecular formula is C16H19N3O3. The molecule has 6 nitrogen and oxygen atoms in total. The van der Waals surface area contributed by atoms with Crippen LogP contribution < -0.4 is 5.32 Å². The van der Waals surface area contributed by atoms with Gasteiger partial charge in [-0.05, 0) is 31.0 Å². The Hall–Kier alpha value is -2.21. The molecule has 1 aliphatic rings. The molecule has 1 fully saturated rings. The molecule has 0 spiro atoms. The van der Waals surface area contributed by atoms with E-state index in [9.17, 15) is 9.90 Å². The number of nitrogens with zero attached hydrogens (tertiary/aromatic N) is 2. The van der Waals surface area contributed by atoms with Crippen LogP contribution in [-0.4, -0.2) is 33.9 Å². The summed E-state index contributed by atoms with van der Waals surface area (Å²) in [4.78, 5) is 12.3. The standard InChI is InChI=1S/C16H19N3O3/c20-14-7-2-1-4-13(14)9-17-15(21)11-5-3-6-12(8-11)16-19-18-10-22-16/h3,5-6,8,10,13-14,20H,1-2,4,7,9H2,(H,17,21)/t13-,14-/m1/s1. The second-order valence-electron chi connectivity index (χ2n) is 5.65. The number of aromatic nitrogens is 2. The topological polar surface area (TPSA) is 88.2 Å². The van der Waals surface area contributed by atoms with Crippen LogP contribution in [0.2, 0.25) is 0 Å². The Morgan fingerprint density at radius 1 is 1.36 bits per heavy atom. The summed E-state index contributed by atoms with van der Waals surface area (Å²) in [7, 11) is 0. The van der Waals surface area contributed by atoms with Crippen molar-refractivity contribution in [2.75, 3.05) is 6.54 Å². The molecular weight excluding hydrogens is 282 g/mol. The van der Waals surface area contributed by atoms with Crippen LogP contribution in [-0.2, 0) is 0 Å². The summed E-state index contributed by atoms with van der Waals surface area (Å²) in [5, 5.41) is 20.3. The molecule has 116 valence electrons. The molecule has 0 saturated heterocycles. The van der Waals surface area contributed by atoms with Crippen molar-refractivity contribution in [2.45, 2.75) is 31.8 Å². The van der Waals surface area contributed by atoms with E-state index in [4.69, 9.17) is 4.42 Å². The molecule has 2 aromatic rings. The Kier molecular flexibility index (Phi) is 4.48. The first-order valence-electron chi connectivity index (χ1n) is 7.57. The lowest BCUT2D eigenvalue weighted by Crippen LogP contribution is -2.36. The van der Waals surface area contributed by atoms with Crippen LogP contribution in [0, 0.1) is 5.92 Å². The first kappa shape index (κ1) is 14.7. The largest absolute Gasteiger partial charge is 0.423 e. The summed E-state index contributed by atoms with van der Waals surface area (Å²) in [5.41, 5.74) is 1.25. The van der Waals surface area contributed by atoms with Gasteiger partial charge in [-0.3, -0.25) is 4.79 Å². The molecule has 2 atom stereocenters. The van der Waals surface area contributed by atoms with Crippen molar-refractivity contribution in [1.29, 1.82) is 0 Å². The maximum absolute atomic E-state index is 12.3. The van der Waals surface area contributed by atoms with Gasteiger partial charge in [0.05, 0.1) is 6.10 Å². The lowest BCUT2D eigenvalue weighted by molar-refractivity contribution is 0.0663. The fourth-order valence-electron chi connectivity index (χ4n) is 2.84. The Bertz CT molecular complexity index is 627. The van der Waals surface area contributed by atoms with E-state index in [1.165, 1.54) is 6.39 Å². The third-order valence-electron chi connectivity index (χ3n) is 4.13. The first-order chi connectivity index (χ1) is 10.7. The van der Waals surface area contributed by atoms with Gasteiger partial charge in [-0.1, -0.05) is 18.9 Å². The molecule has 3 rings (SSSR count). The normalized spacial score (nSPS) is 21.5. The van der Waals surface area contributed by atoms with E-state index in [2.05, 4.69) is 15.5 Å². The van der Waals surface area contributed by atoms with E-state index < -0.39 is 0 Å². The molecule has 0 aliphatic heterocycles. The van der Waals surface area contributed by atoms with Crippen molar-refractivity contribution >= 4 is 5.91 Å². The molecule has 1 aliphatic carbocycles. The van der Waals surface area contributed by atoms with Crippen molar-refractivity contribution in [2.24, 2.45) is 5.92 Å². The number of aliphatic hydroxyl groups is 1. The van der Waals surface area contributed by atoms with E-state index in [0.717, 1.165) is 25.7 Å². The van der Waals surface area contributed by atoms with Crippen LogP contribution in [0.4, 0.5) is 0 Å². The zero-order valence-electron chi connectivity index (χ0n) is 12.2. The van der Waals surface area contributed by atoms with Gasteiger partial charge in [-0.15, -0.1) is 10.2 Å². The van der Waals surface area contributed by atoms with E-state index in [1.54, 1.807) is 18.2 Å². The number of hydrogen-bond donors (Lipinski definition) is 2. The van der Waals surface area contributed by atoms with Gasteiger partial charge in [0, 0.05) is 23.6 Å². The Morgan fingerprint density at radius 2 is 2.23 bits per heavy atom. The number of carbonyl (C=O) groups is 1. The Balaban J connectivity index is 1.64. The third kappa shape index (κ3) is 3.33. The van der Waals surface area contributed by atoms with Crippen LogP contribution in [0.5, 0.6) is 0 Å². The van der Waals surface area contributed by atoms with Crippen LogP contribution in [0.1, 0.15) is 36.0 Å². The van der Waals surface area contributed by atoms with E-state index >= 15 is 0 Å². The maximum atomic E-state index is 12.3. The highest BCUT2D eigenvalue weighted by molar-refractivity contribution is 5.95. The maximum Gasteiger partial charge on any atom is 0.251 e. The monoisotopic (exact) mass is 301 g/mol. The molecule has 1 aromatic carbocycles. The molecule has 0 radical (unpaired) electrons. The number of nitrogens with one attached hydrogen (secondary N) is 1. The smallest absolute Gasteiger partial charge is 0.251 e. The average molecular weight is 301 g/mol. The molecule has 1 saturated carbocycles. The van der Waals surface area contributed by atoms with Gasteiger partial charge >= 0.3 is 0 Å². The number of carbonyl (C=O) groups excluding carboxylic acids is 1. The van der Waals surface area contributed by atoms with Gasteiger partial charge in [-0.2, -0.15) is 0 Å². The summed E-state index contributed by atoms with van der Waals surface area (Å²) in [6, 6.07) is 7.06. The van der Waals surface area contributed by atoms with Crippen LogP contribution >= 0.6 is 0 Å². The fourth-order valence-corrected chi connectivity index (χ4v) is 2.84. The fraction of sp³-hybridized carbons (Fsp3) is 0.438. The third-order valence-corrected chi connectivity index (χ3v) is 4.13. The average Bonchev–Trinajstić information content (AvgIpc) is 3.08. The number of amides is 1. The second-order valence-corrected chi connectivity index (χ2v) is 5.65. The Morgan fingerprint density at radius 3 is 3.00 bits per heavy atom. The number of aliphatic hydroxyl groups excluding tert-OH is 1. The lowest BCUT2D eigenvalue weighted by atomic mass is 9.86. The van der Waals surface area contributed by atoms with Crippen molar-refractivity contribution < 1.29 is 14.3 Å². The molecule has 1 amide bonds. The van der Waals surface area contributed by atoms with Gasteiger partial charge in [0.2, 0.25) is 12.3 Å². The summed E-state index contributed by atoms with van der Waals surface area (Å²) >= 11 is 0. The molecule has 1 aromatic heterocycles. The number of benzene rings is 1. The van der Waals surface area contributed by atoms with Gasteiger partial charge in [0.15, 0.2) is 0 Å². The van der Waals surface area contributed by atoms with E-state index in [1.807, 2.05) is 6.07 Å². The quantitative estimate of drug-likeness (QED) is 0.902. The minimum absolute atomic E-state index is 0.150.